The van der Waals surface area contributed by atoms with Gasteiger partial charge < -0.3 is 5.73 Å². The standard InChI is InChI=1S/C15H19N/c1-15(2,16)11-10-12-6-8-14(9-7-12)13-4-3-5-13/h6-9,13H,3-5,16H2,1-2H3. The molecule has 1 aromatic carbocycles. The van der Waals surface area contributed by atoms with Crippen LogP contribution in [0, 0.1) is 11.8 Å². The zero-order chi connectivity index (χ0) is 11.6. The van der Waals surface area contributed by atoms with Crippen LogP contribution >= 0.6 is 0 Å². The molecule has 0 aliphatic heterocycles. The number of benzene rings is 1. The molecule has 1 aliphatic rings. The molecule has 0 bridgehead atoms. The summed E-state index contributed by atoms with van der Waals surface area (Å²) >= 11 is 0. The molecular weight excluding hydrogens is 194 g/mol. The highest BCUT2D eigenvalue weighted by atomic mass is 14.7. The Morgan fingerprint density at radius 2 is 1.81 bits per heavy atom. The van der Waals surface area contributed by atoms with E-state index in [-0.39, 0.29) is 0 Å². The molecule has 1 aromatic rings. The summed E-state index contributed by atoms with van der Waals surface area (Å²) in [6.07, 6.45) is 4.08. The predicted octanol–water partition coefficient (Wildman–Crippen LogP) is 3.04. The van der Waals surface area contributed by atoms with E-state index in [4.69, 9.17) is 5.73 Å². The lowest BCUT2D eigenvalue weighted by molar-refractivity contribution is 0.420. The Bertz CT molecular complexity index is 407. The minimum absolute atomic E-state index is 0.410. The molecule has 1 fully saturated rings. The van der Waals surface area contributed by atoms with Crippen molar-refractivity contribution < 1.29 is 0 Å². The number of hydrogen-bond acceptors (Lipinski definition) is 1. The van der Waals surface area contributed by atoms with Gasteiger partial charge in [0.1, 0.15) is 0 Å². The predicted molar refractivity (Wildman–Crippen MR) is 68.2 cm³/mol. The van der Waals surface area contributed by atoms with Gasteiger partial charge in [-0.05, 0) is 50.3 Å². The lowest BCUT2D eigenvalue weighted by Gasteiger charge is -2.25. The smallest absolute Gasteiger partial charge is 0.0722 e. The van der Waals surface area contributed by atoms with Crippen LogP contribution < -0.4 is 5.73 Å². The van der Waals surface area contributed by atoms with Gasteiger partial charge in [0.25, 0.3) is 0 Å². The lowest BCUT2D eigenvalue weighted by atomic mass is 9.80. The summed E-state index contributed by atoms with van der Waals surface area (Å²) in [5.41, 5.74) is 7.93. The molecule has 16 heavy (non-hydrogen) atoms. The van der Waals surface area contributed by atoms with Crippen molar-refractivity contribution in [2.75, 3.05) is 0 Å². The van der Waals surface area contributed by atoms with Crippen molar-refractivity contribution in [3.8, 4) is 11.8 Å². The van der Waals surface area contributed by atoms with Gasteiger partial charge in [0.2, 0.25) is 0 Å². The van der Waals surface area contributed by atoms with Crippen LogP contribution in [-0.2, 0) is 0 Å². The second kappa shape index (κ2) is 4.31. The fourth-order valence-corrected chi connectivity index (χ4v) is 1.81. The molecule has 0 heterocycles. The second-order valence-corrected chi connectivity index (χ2v) is 5.22. The number of rotatable bonds is 1. The fourth-order valence-electron chi connectivity index (χ4n) is 1.81. The van der Waals surface area contributed by atoms with E-state index in [1.807, 2.05) is 13.8 Å². The molecule has 0 aromatic heterocycles. The fraction of sp³-hybridized carbons (Fsp3) is 0.467. The summed E-state index contributed by atoms with van der Waals surface area (Å²) in [4.78, 5) is 0. The largest absolute Gasteiger partial charge is 0.316 e. The normalized spacial score (nSPS) is 16.2. The molecule has 0 spiro atoms. The van der Waals surface area contributed by atoms with Gasteiger partial charge in [-0.25, -0.2) is 0 Å². The maximum Gasteiger partial charge on any atom is 0.0722 e. The van der Waals surface area contributed by atoms with Gasteiger partial charge in [-0.15, -0.1) is 0 Å². The van der Waals surface area contributed by atoms with Crippen LogP contribution in [0.5, 0.6) is 0 Å². The maximum absolute atomic E-state index is 5.82. The SMILES string of the molecule is CC(C)(N)C#Cc1ccc(C2CCC2)cc1. The zero-order valence-corrected chi connectivity index (χ0v) is 10.1. The average Bonchev–Trinajstić information content (AvgIpc) is 2.13. The summed E-state index contributed by atoms with van der Waals surface area (Å²) in [5.74, 6) is 6.95. The highest BCUT2D eigenvalue weighted by Crippen LogP contribution is 2.36. The topological polar surface area (TPSA) is 26.0 Å². The third-order valence-electron chi connectivity index (χ3n) is 3.02. The number of hydrogen-bond donors (Lipinski definition) is 1. The molecule has 0 radical (unpaired) electrons. The maximum atomic E-state index is 5.82. The molecule has 1 nitrogen and oxygen atoms in total. The van der Waals surface area contributed by atoms with Gasteiger partial charge in [-0.1, -0.05) is 30.4 Å². The minimum Gasteiger partial charge on any atom is -0.316 e. The molecule has 0 unspecified atom stereocenters. The van der Waals surface area contributed by atoms with Crippen LogP contribution in [0.1, 0.15) is 50.2 Å². The molecule has 1 heteroatoms. The van der Waals surface area contributed by atoms with Gasteiger partial charge in [0, 0.05) is 5.56 Å². The first-order chi connectivity index (χ1) is 7.54. The van der Waals surface area contributed by atoms with Gasteiger partial charge in [0.05, 0.1) is 5.54 Å². The van der Waals surface area contributed by atoms with Gasteiger partial charge >= 0.3 is 0 Å². The first-order valence-electron chi connectivity index (χ1n) is 5.97. The van der Waals surface area contributed by atoms with E-state index in [0.717, 1.165) is 11.5 Å². The van der Waals surface area contributed by atoms with Crippen LogP contribution in [-0.4, -0.2) is 5.54 Å². The van der Waals surface area contributed by atoms with E-state index in [1.54, 1.807) is 0 Å². The molecular formula is C15H19N. The summed E-state index contributed by atoms with van der Waals surface area (Å²) in [6, 6.07) is 8.62. The molecule has 2 N–H and O–H groups in total. The molecule has 2 rings (SSSR count). The zero-order valence-electron chi connectivity index (χ0n) is 10.1. The average molecular weight is 213 g/mol. The highest BCUT2D eigenvalue weighted by molar-refractivity contribution is 5.39. The lowest BCUT2D eigenvalue weighted by Crippen LogP contribution is -2.29. The Kier molecular flexibility index (Phi) is 3.03. The Labute approximate surface area is 98.0 Å². The second-order valence-electron chi connectivity index (χ2n) is 5.22. The Balaban J connectivity index is 2.09. The van der Waals surface area contributed by atoms with Crippen molar-refractivity contribution in [1.29, 1.82) is 0 Å². The van der Waals surface area contributed by atoms with E-state index >= 15 is 0 Å². The Hall–Kier alpha value is -1.26. The van der Waals surface area contributed by atoms with Crippen molar-refractivity contribution in [2.24, 2.45) is 5.73 Å². The minimum atomic E-state index is -0.410. The Morgan fingerprint density at radius 3 is 2.25 bits per heavy atom. The molecule has 1 saturated carbocycles. The van der Waals surface area contributed by atoms with E-state index in [1.165, 1.54) is 24.8 Å². The number of nitrogens with two attached hydrogens (primary N) is 1. The van der Waals surface area contributed by atoms with Crippen molar-refractivity contribution in [3.63, 3.8) is 0 Å². The van der Waals surface area contributed by atoms with Crippen LogP contribution in [0.25, 0.3) is 0 Å². The summed E-state index contributed by atoms with van der Waals surface area (Å²) in [5, 5.41) is 0. The Morgan fingerprint density at radius 1 is 1.19 bits per heavy atom. The molecule has 0 atom stereocenters. The molecule has 1 aliphatic carbocycles. The molecule has 0 amide bonds. The van der Waals surface area contributed by atoms with Gasteiger partial charge in [-0.3, -0.25) is 0 Å². The van der Waals surface area contributed by atoms with Crippen LogP contribution in [0.4, 0.5) is 0 Å². The quantitative estimate of drug-likeness (QED) is 0.713. The van der Waals surface area contributed by atoms with Crippen molar-refractivity contribution in [2.45, 2.75) is 44.6 Å². The van der Waals surface area contributed by atoms with E-state index in [0.29, 0.717) is 0 Å². The van der Waals surface area contributed by atoms with Crippen LogP contribution in [0.15, 0.2) is 24.3 Å². The monoisotopic (exact) mass is 213 g/mol. The summed E-state index contributed by atoms with van der Waals surface area (Å²) < 4.78 is 0. The first kappa shape index (κ1) is 11.2. The van der Waals surface area contributed by atoms with Crippen molar-refractivity contribution in [3.05, 3.63) is 35.4 Å². The summed E-state index contributed by atoms with van der Waals surface area (Å²) in [6.45, 7) is 3.84. The van der Waals surface area contributed by atoms with Gasteiger partial charge in [0.15, 0.2) is 0 Å². The summed E-state index contributed by atoms with van der Waals surface area (Å²) in [7, 11) is 0. The molecule has 84 valence electrons. The van der Waals surface area contributed by atoms with Crippen molar-refractivity contribution in [1.82, 2.24) is 0 Å². The molecule has 0 saturated heterocycles. The van der Waals surface area contributed by atoms with Crippen LogP contribution in [0.2, 0.25) is 0 Å². The van der Waals surface area contributed by atoms with E-state index in [9.17, 15) is 0 Å². The van der Waals surface area contributed by atoms with E-state index < -0.39 is 5.54 Å². The van der Waals surface area contributed by atoms with Gasteiger partial charge in [-0.2, -0.15) is 0 Å². The first-order valence-corrected chi connectivity index (χ1v) is 5.97. The third-order valence-corrected chi connectivity index (χ3v) is 3.02. The van der Waals surface area contributed by atoms with Crippen molar-refractivity contribution >= 4 is 0 Å². The third kappa shape index (κ3) is 2.87. The van der Waals surface area contributed by atoms with E-state index in [2.05, 4.69) is 36.1 Å². The highest BCUT2D eigenvalue weighted by Gasteiger charge is 2.18. The van der Waals surface area contributed by atoms with Crippen LogP contribution in [0.3, 0.4) is 0 Å².